The first-order chi connectivity index (χ1) is 11.9. The number of anilines is 1. The van der Waals surface area contributed by atoms with Crippen molar-refractivity contribution in [2.24, 2.45) is 0 Å². The first kappa shape index (κ1) is 17.5. The molecule has 0 aromatic carbocycles. The van der Waals surface area contributed by atoms with Crippen LogP contribution < -0.4 is 10.2 Å². The van der Waals surface area contributed by atoms with Crippen molar-refractivity contribution in [3.63, 3.8) is 0 Å². The van der Waals surface area contributed by atoms with Crippen molar-refractivity contribution in [1.82, 2.24) is 15.2 Å². The van der Waals surface area contributed by atoms with E-state index in [0.29, 0.717) is 43.7 Å². The van der Waals surface area contributed by atoms with Crippen LogP contribution in [0.2, 0.25) is 0 Å². The van der Waals surface area contributed by atoms with E-state index in [1.54, 1.807) is 6.26 Å². The predicted molar refractivity (Wildman–Crippen MR) is 91.2 cm³/mol. The summed E-state index contributed by atoms with van der Waals surface area (Å²) in [7, 11) is 0. The molecule has 1 aliphatic heterocycles. The molecule has 9 heteroatoms. The lowest BCUT2D eigenvalue weighted by Crippen LogP contribution is -2.51. The van der Waals surface area contributed by atoms with Crippen molar-refractivity contribution < 1.29 is 17.6 Å². The highest BCUT2D eigenvalue weighted by molar-refractivity contribution is 7.80. The van der Waals surface area contributed by atoms with Gasteiger partial charge in [-0.05, 0) is 36.5 Å². The fourth-order valence-corrected chi connectivity index (χ4v) is 2.82. The molecular formula is C16H17F3N4OS. The van der Waals surface area contributed by atoms with Crippen LogP contribution in [0.15, 0.2) is 41.1 Å². The van der Waals surface area contributed by atoms with E-state index in [4.69, 9.17) is 16.6 Å². The molecule has 0 unspecified atom stereocenters. The average Bonchev–Trinajstić information content (AvgIpc) is 3.13. The van der Waals surface area contributed by atoms with Crippen LogP contribution in [0.3, 0.4) is 0 Å². The first-order valence-corrected chi connectivity index (χ1v) is 8.17. The van der Waals surface area contributed by atoms with Gasteiger partial charge < -0.3 is 19.5 Å². The lowest BCUT2D eigenvalue weighted by molar-refractivity contribution is -0.137. The van der Waals surface area contributed by atoms with E-state index in [0.717, 1.165) is 18.0 Å². The van der Waals surface area contributed by atoms with Crippen LogP contribution in [0.1, 0.15) is 11.3 Å². The van der Waals surface area contributed by atoms with Gasteiger partial charge in [0.15, 0.2) is 5.11 Å². The molecule has 3 rings (SSSR count). The van der Waals surface area contributed by atoms with E-state index in [-0.39, 0.29) is 0 Å². The second-order valence-electron chi connectivity index (χ2n) is 5.61. The Balaban J connectivity index is 1.50. The predicted octanol–water partition coefficient (Wildman–Crippen LogP) is 2.89. The molecule has 1 fully saturated rings. The fourth-order valence-electron chi connectivity index (χ4n) is 2.57. The van der Waals surface area contributed by atoms with E-state index in [1.807, 2.05) is 21.9 Å². The number of alkyl halides is 3. The molecule has 0 radical (unpaired) electrons. The maximum atomic E-state index is 12.6. The molecule has 1 aliphatic rings. The minimum atomic E-state index is -4.37. The SMILES string of the molecule is FC(F)(F)c1ccc(N2CCN(C(=S)NCc3ccco3)CC2)nc1. The third kappa shape index (κ3) is 4.41. The maximum absolute atomic E-state index is 12.6. The van der Waals surface area contributed by atoms with Crippen LogP contribution in [-0.2, 0) is 12.7 Å². The van der Waals surface area contributed by atoms with Crippen LogP contribution >= 0.6 is 12.2 Å². The summed E-state index contributed by atoms with van der Waals surface area (Å²) >= 11 is 5.37. The normalized spacial score (nSPS) is 15.3. The highest BCUT2D eigenvalue weighted by atomic mass is 32.1. The number of nitrogens with zero attached hydrogens (tertiary/aromatic N) is 3. The molecule has 0 saturated carbocycles. The summed E-state index contributed by atoms with van der Waals surface area (Å²) in [6.45, 7) is 3.15. The average molecular weight is 370 g/mol. The summed E-state index contributed by atoms with van der Waals surface area (Å²) in [5, 5.41) is 3.77. The highest BCUT2D eigenvalue weighted by Gasteiger charge is 2.31. The molecule has 0 spiro atoms. The summed E-state index contributed by atoms with van der Waals surface area (Å²) in [4.78, 5) is 7.91. The van der Waals surface area contributed by atoms with Gasteiger partial charge in [0.2, 0.25) is 0 Å². The van der Waals surface area contributed by atoms with Gasteiger partial charge in [0.25, 0.3) is 0 Å². The van der Waals surface area contributed by atoms with Gasteiger partial charge in [-0.15, -0.1) is 0 Å². The number of hydrogen-bond donors (Lipinski definition) is 1. The molecule has 0 bridgehead atoms. The molecule has 3 heterocycles. The van der Waals surface area contributed by atoms with Gasteiger partial charge in [0.05, 0.1) is 18.4 Å². The minimum absolute atomic E-state index is 0.520. The Morgan fingerprint density at radius 1 is 1.20 bits per heavy atom. The smallest absolute Gasteiger partial charge is 0.417 e. The summed E-state index contributed by atoms with van der Waals surface area (Å²) in [5.74, 6) is 1.34. The number of aromatic nitrogens is 1. The number of furan rings is 1. The summed E-state index contributed by atoms with van der Waals surface area (Å²) in [6, 6.07) is 6.15. The number of halogens is 3. The largest absolute Gasteiger partial charge is 0.467 e. The van der Waals surface area contributed by atoms with E-state index in [1.165, 1.54) is 6.07 Å². The molecule has 0 atom stereocenters. The summed E-state index contributed by atoms with van der Waals surface area (Å²) in [6.07, 6.45) is -1.89. The minimum Gasteiger partial charge on any atom is -0.467 e. The number of pyridine rings is 1. The third-order valence-electron chi connectivity index (χ3n) is 3.96. The molecular weight excluding hydrogens is 353 g/mol. The van der Waals surface area contributed by atoms with Crippen LogP contribution in [0.5, 0.6) is 0 Å². The number of piperazine rings is 1. The molecule has 5 nitrogen and oxygen atoms in total. The van der Waals surface area contributed by atoms with Crippen LogP contribution in [0, 0.1) is 0 Å². The second-order valence-corrected chi connectivity index (χ2v) is 6.00. The topological polar surface area (TPSA) is 44.5 Å². The van der Waals surface area contributed by atoms with Gasteiger partial charge >= 0.3 is 6.18 Å². The number of nitrogens with one attached hydrogen (secondary N) is 1. The summed E-state index contributed by atoms with van der Waals surface area (Å²) < 4.78 is 43.0. The Labute approximate surface area is 148 Å². The van der Waals surface area contributed by atoms with Crippen LogP contribution in [0.25, 0.3) is 0 Å². The van der Waals surface area contributed by atoms with Gasteiger partial charge in [0.1, 0.15) is 11.6 Å². The molecule has 2 aromatic heterocycles. The van der Waals surface area contributed by atoms with Crippen molar-refractivity contribution in [3.05, 3.63) is 48.0 Å². The van der Waals surface area contributed by atoms with Gasteiger partial charge in [0, 0.05) is 32.4 Å². The van der Waals surface area contributed by atoms with Gasteiger partial charge in [-0.2, -0.15) is 13.2 Å². The van der Waals surface area contributed by atoms with Crippen LogP contribution in [-0.4, -0.2) is 41.2 Å². The van der Waals surface area contributed by atoms with E-state index in [2.05, 4.69) is 10.3 Å². The van der Waals surface area contributed by atoms with Crippen molar-refractivity contribution in [2.75, 3.05) is 31.1 Å². The molecule has 0 amide bonds. The lowest BCUT2D eigenvalue weighted by atomic mass is 10.2. The molecule has 25 heavy (non-hydrogen) atoms. The van der Waals surface area contributed by atoms with Crippen molar-refractivity contribution >= 4 is 23.1 Å². The van der Waals surface area contributed by atoms with Crippen molar-refractivity contribution in [3.8, 4) is 0 Å². The Morgan fingerprint density at radius 3 is 2.52 bits per heavy atom. The van der Waals surface area contributed by atoms with Crippen LogP contribution in [0.4, 0.5) is 19.0 Å². The molecule has 1 saturated heterocycles. The Hall–Kier alpha value is -2.29. The molecule has 2 aromatic rings. The monoisotopic (exact) mass is 370 g/mol. The highest BCUT2D eigenvalue weighted by Crippen LogP contribution is 2.29. The lowest BCUT2D eigenvalue weighted by Gasteiger charge is -2.36. The number of thiocarbonyl (C=S) groups is 1. The molecule has 1 N–H and O–H groups in total. The van der Waals surface area contributed by atoms with Crippen molar-refractivity contribution in [1.29, 1.82) is 0 Å². The standard InChI is InChI=1S/C16H17F3N4OS/c17-16(18,19)12-3-4-14(20-10-12)22-5-7-23(8-6-22)15(25)21-11-13-2-1-9-24-13/h1-4,9-10H,5-8,11H2,(H,21,25). The summed E-state index contributed by atoms with van der Waals surface area (Å²) in [5.41, 5.74) is -0.738. The van der Waals surface area contributed by atoms with E-state index in [9.17, 15) is 13.2 Å². The molecule has 134 valence electrons. The number of rotatable bonds is 3. The Kier molecular flexibility index (Phi) is 5.12. The molecule has 0 aliphatic carbocycles. The zero-order chi connectivity index (χ0) is 17.9. The van der Waals surface area contributed by atoms with Gasteiger partial charge in [-0.25, -0.2) is 4.98 Å². The van der Waals surface area contributed by atoms with E-state index < -0.39 is 11.7 Å². The Morgan fingerprint density at radius 2 is 1.96 bits per heavy atom. The quantitative estimate of drug-likeness (QED) is 0.839. The van der Waals surface area contributed by atoms with Crippen molar-refractivity contribution in [2.45, 2.75) is 12.7 Å². The fraction of sp³-hybridized carbons (Fsp3) is 0.375. The number of hydrogen-bond acceptors (Lipinski definition) is 4. The zero-order valence-corrected chi connectivity index (χ0v) is 14.1. The Bertz CT molecular complexity index is 695. The zero-order valence-electron chi connectivity index (χ0n) is 13.3. The van der Waals surface area contributed by atoms with Gasteiger partial charge in [-0.3, -0.25) is 0 Å². The first-order valence-electron chi connectivity index (χ1n) is 7.77. The van der Waals surface area contributed by atoms with E-state index >= 15 is 0 Å². The third-order valence-corrected chi connectivity index (χ3v) is 4.36. The maximum Gasteiger partial charge on any atom is 0.417 e. The second kappa shape index (κ2) is 7.30. The van der Waals surface area contributed by atoms with Gasteiger partial charge in [-0.1, -0.05) is 0 Å².